The minimum Gasteiger partial charge on any atom is -0.311 e. The van der Waals surface area contributed by atoms with Gasteiger partial charge in [-0.2, -0.15) is 0 Å². The quantitative estimate of drug-likeness (QED) is 0.825. The molecule has 1 saturated heterocycles. The molecule has 1 heterocycles. The Kier molecular flexibility index (Phi) is 4.11. The third-order valence-electron chi connectivity index (χ3n) is 3.95. The predicted octanol–water partition coefficient (Wildman–Crippen LogP) is 3.03. The van der Waals surface area contributed by atoms with Crippen LogP contribution < -0.4 is 5.32 Å². The summed E-state index contributed by atoms with van der Waals surface area (Å²) in [6.07, 6.45) is 2.76. The Bertz CT molecular complexity index is 530. The number of nitrogens with zero attached hydrogens (tertiary/aromatic N) is 1. The lowest BCUT2D eigenvalue weighted by molar-refractivity contribution is 0.335. The van der Waals surface area contributed by atoms with Crippen LogP contribution in [0.1, 0.15) is 18.4 Å². The molecule has 2 aromatic carbocycles. The summed E-state index contributed by atoms with van der Waals surface area (Å²) in [5.41, 5.74) is 1.38. The van der Waals surface area contributed by atoms with E-state index in [4.69, 9.17) is 0 Å². The highest BCUT2D eigenvalue weighted by Gasteiger charge is 2.09. The van der Waals surface area contributed by atoms with Crippen molar-refractivity contribution in [2.24, 2.45) is 0 Å². The largest absolute Gasteiger partial charge is 0.311 e. The van der Waals surface area contributed by atoms with Gasteiger partial charge in [0.1, 0.15) is 0 Å². The lowest BCUT2D eigenvalue weighted by atomic mass is 10.1. The minimum absolute atomic E-state index is 0.971. The number of hydrogen-bond donors (Lipinski definition) is 1. The molecule has 100 valence electrons. The summed E-state index contributed by atoms with van der Waals surface area (Å²) in [7, 11) is 0. The molecule has 0 saturated carbocycles. The second kappa shape index (κ2) is 6.18. The molecule has 0 bridgehead atoms. The van der Waals surface area contributed by atoms with Crippen molar-refractivity contribution in [2.45, 2.75) is 19.4 Å². The fourth-order valence-electron chi connectivity index (χ4n) is 2.82. The summed E-state index contributed by atoms with van der Waals surface area (Å²) in [5.74, 6) is 0. The van der Waals surface area contributed by atoms with Crippen LogP contribution in [0, 0.1) is 0 Å². The lowest BCUT2D eigenvalue weighted by Gasteiger charge is -2.14. The average molecular weight is 254 g/mol. The zero-order valence-electron chi connectivity index (χ0n) is 11.4. The number of likely N-dealkylation sites (tertiary alicyclic amines) is 1. The van der Waals surface area contributed by atoms with Gasteiger partial charge in [0.2, 0.25) is 0 Å². The van der Waals surface area contributed by atoms with Crippen molar-refractivity contribution >= 4 is 10.8 Å². The number of benzene rings is 2. The van der Waals surface area contributed by atoms with Crippen molar-refractivity contribution in [3.8, 4) is 0 Å². The van der Waals surface area contributed by atoms with Crippen LogP contribution >= 0.6 is 0 Å². The molecule has 0 aliphatic carbocycles. The highest BCUT2D eigenvalue weighted by Crippen LogP contribution is 2.15. The zero-order chi connectivity index (χ0) is 12.9. The van der Waals surface area contributed by atoms with Crippen molar-refractivity contribution in [1.82, 2.24) is 10.2 Å². The molecule has 2 aromatic rings. The van der Waals surface area contributed by atoms with Gasteiger partial charge < -0.3 is 10.2 Å². The van der Waals surface area contributed by atoms with Crippen LogP contribution in [-0.2, 0) is 6.54 Å². The van der Waals surface area contributed by atoms with E-state index in [2.05, 4.69) is 52.7 Å². The summed E-state index contributed by atoms with van der Waals surface area (Å²) >= 11 is 0. The molecule has 19 heavy (non-hydrogen) atoms. The monoisotopic (exact) mass is 254 g/mol. The van der Waals surface area contributed by atoms with Gasteiger partial charge in [-0.15, -0.1) is 0 Å². The van der Waals surface area contributed by atoms with Crippen LogP contribution in [0.2, 0.25) is 0 Å². The Morgan fingerprint density at radius 2 is 1.74 bits per heavy atom. The number of fused-ring (bicyclic) bond motifs is 1. The maximum Gasteiger partial charge on any atom is 0.0206 e. The molecule has 0 aromatic heterocycles. The molecule has 1 aliphatic rings. The first kappa shape index (κ1) is 12.6. The van der Waals surface area contributed by atoms with Crippen LogP contribution in [0.15, 0.2) is 42.5 Å². The molecule has 0 radical (unpaired) electrons. The maximum absolute atomic E-state index is 3.55. The van der Waals surface area contributed by atoms with Crippen molar-refractivity contribution in [1.29, 1.82) is 0 Å². The van der Waals surface area contributed by atoms with Crippen molar-refractivity contribution in [3.05, 3.63) is 48.0 Å². The van der Waals surface area contributed by atoms with Gasteiger partial charge in [0, 0.05) is 19.6 Å². The number of nitrogens with one attached hydrogen (secondary N) is 1. The van der Waals surface area contributed by atoms with Gasteiger partial charge in [-0.3, -0.25) is 0 Å². The van der Waals surface area contributed by atoms with E-state index in [1.807, 2.05) is 0 Å². The Morgan fingerprint density at radius 3 is 2.58 bits per heavy atom. The van der Waals surface area contributed by atoms with Gasteiger partial charge in [0.25, 0.3) is 0 Å². The topological polar surface area (TPSA) is 15.3 Å². The summed E-state index contributed by atoms with van der Waals surface area (Å²) < 4.78 is 0. The summed E-state index contributed by atoms with van der Waals surface area (Å²) in [5, 5.41) is 6.21. The molecule has 0 spiro atoms. The van der Waals surface area contributed by atoms with E-state index >= 15 is 0 Å². The van der Waals surface area contributed by atoms with E-state index in [1.165, 1.54) is 48.8 Å². The van der Waals surface area contributed by atoms with Crippen LogP contribution in [0.4, 0.5) is 0 Å². The molecule has 2 nitrogen and oxygen atoms in total. The van der Waals surface area contributed by atoms with Gasteiger partial charge in [-0.05, 0) is 48.3 Å². The van der Waals surface area contributed by atoms with Crippen molar-refractivity contribution in [2.75, 3.05) is 26.2 Å². The van der Waals surface area contributed by atoms with Gasteiger partial charge >= 0.3 is 0 Å². The molecule has 0 amide bonds. The van der Waals surface area contributed by atoms with E-state index < -0.39 is 0 Å². The third kappa shape index (κ3) is 3.34. The molecule has 1 aliphatic heterocycles. The van der Waals surface area contributed by atoms with Crippen LogP contribution in [0.3, 0.4) is 0 Å². The van der Waals surface area contributed by atoms with E-state index in [1.54, 1.807) is 0 Å². The first-order valence-corrected chi connectivity index (χ1v) is 7.32. The molecule has 0 atom stereocenters. The molecule has 1 N–H and O–H groups in total. The standard InChI is InChI=1S/C17H22N2/c1-2-6-17-13-15(7-8-16(17)5-1)14-18-9-12-19-10-3-4-11-19/h1-2,5-8,13,18H,3-4,9-12,14H2. The van der Waals surface area contributed by atoms with Crippen molar-refractivity contribution < 1.29 is 0 Å². The van der Waals surface area contributed by atoms with Crippen LogP contribution in [0.25, 0.3) is 10.8 Å². The summed E-state index contributed by atoms with van der Waals surface area (Å²) in [4.78, 5) is 2.55. The highest BCUT2D eigenvalue weighted by atomic mass is 15.1. The second-order valence-electron chi connectivity index (χ2n) is 5.41. The lowest BCUT2D eigenvalue weighted by Crippen LogP contribution is -2.29. The fourth-order valence-corrected chi connectivity index (χ4v) is 2.82. The smallest absolute Gasteiger partial charge is 0.0206 e. The molecule has 0 unspecified atom stereocenters. The number of hydrogen-bond acceptors (Lipinski definition) is 2. The highest BCUT2D eigenvalue weighted by molar-refractivity contribution is 5.82. The fraction of sp³-hybridized carbons (Fsp3) is 0.412. The van der Waals surface area contributed by atoms with Gasteiger partial charge in [-0.25, -0.2) is 0 Å². The maximum atomic E-state index is 3.55. The second-order valence-corrected chi connectivity index (χ2v) is 5.41. The van der Waals surface area contributed by atoms with E-state index in [9.17, 15) is 0 Å². The Hall–Kier alpha value is -1.38. The first-order valence-electron chi connectivity index (χ1n) is 7.32. The Labute approximate surface area is 115 Å². The van der Waals surface area contributed by atoms with Crippen LogP contribution in [0.5, 0.6) is 0 Å². The van der Waals surface area contributed by atoms with Crippen LogP contribution in [-0.4, -0.2) is 31.1 Å². The summed E-state index contributed by atoms with van der Waals surface area (Å²) in [6.45, 7) is 5.83. The van der Waals surface area contributed by atoms with Gasteiger partial charge in [-0.1, -0.05) is 36.4 Å². The van der Waals surface area contributed by atoms with Gasteiger partial charge in [0.15, 0.2) is 0 Å². The van der Waals surface area contributed by atoms with E-state index in [0.717, 1.165) is 13.1 Å². The van der Waals surface area contributed by atoms with E-state index in [-0.39, 0.29) is 0 Å². The Morgan fingerprint density at radius 1 is 0.947 bits per heavy atom. The third-order valence-corrected chi connectivity index (χ3v) is 3.95. The molecule has 2 heteroatoms. The molecule has 3 rings (SSSR count). The molecular formula is C17H22N2. The Balaban J connectivity index is 1.50. The molecule has 1 fully saturated rings. The minimum atomic E-state index is 0.971. The predicted molar refractivity (Wildman–Crippen MR) is 81.3 cm³/mol. The zero-order valence-corrected chi connectivity index (χ0v) is 11.4. The summed E-state index contributed by atoms with van der Waals surface area (Å²) in [6, 6.07) is 15.3. The average Bonchev–Trinajstić information content (AvgIpc) is 2.97. The number of rotatable bonds is 5. The first-order chi connectivity index (χ1) is 9.42. The van der Waals surface area contributed by atoms with E-state index in [0.29, 0.717) is 0 Å². The SMILES string of the molecule is c1ccc2cc(CNCCN3CCCC3)ccc2c1. The normalized spacial score (nSPS) is 16.2. The molecular weight excluding hydrogens is 232 g/mol. The van der Waals surface area contributed by atoms with Crippen molar-refractivity contribution in [3.63, 3.8) is 0 Å². The van der Waals surface area contributed by atoms with Gasteiger partial charge in [0.05, 0.1) is 0 Å².